The first-order chi connectivity index (χ1) is 11.1. The largest absolute Gasteiger partial charge is 0.467 e. The van der Waals surface area contributed by atoms with Crippen molar-refractivity contribution in [2.75, 3.05) is 5.73 Å². The van der Waals surface area contributed by atoms with Gasteiger partial charge < -0.3 is 20.0 Å². The van der Waals surface area contributed by atoms with E-state index < -0.39 is 0 Å². The summed E-state index contributed by atoms with van der Waals surface area (Å²) in [5.74, 6) is 0.826. The van der Waals surface area contributed by atoms with Gasteiger partial charge in [0, 0.05) is 0 Å². The van der Waals surface area contributed by atoms with E-state index in [0.717, 1.165) is 5.56 Å². The van der Waals surface area contributed by atoms with Gasteiger partial charge in [-0.15, -0.1) is 0 Å². The Balaban J connectivity index is 1.77. The fourth-order valence-corrected chi connectivity index (χ4v) is 3.40. The number of nitrogens with one attached hydrogen (secondary N) is 1. The average Bonchev–Trinajstić information content (AvgIpc) is 3.17. The minimum Gasteiger partial charge on any atom is -0.467 e. The van der Waals surface area contributed by atoms with Crippen molar-refractivity contribution < 1.29 is 9.21 Å². The van der Waals surface area contributed by atoms with Crippen LogP contribution in [0.1, 0.15) is 21.0 Å². The van der Waals surface area contributed by atoms with Gasteiger partial charge in [-0.25, -0.2) is 0 Å². The smallest absolute Gasteiger partial charge is 0.265 e. The lowest BCUT2D eigenvalue weighted by Crippen LogP contribution is -2.23. The second kappa shape index (κ2) is 6.80. The highest BCUT2D eigenvalue weighted by Crippen LogP contribution is 2.23. The van der Waals surface area contributed by atoms with Crippen molar-refractivity contribution >= 4 is 35.3 Å². The van der Waals surface area contributed by atoms with Crippen LogP contribution in [0.5, 0.6) is 0 Å². The number of hydrogen-bond donors (Lipinski definition) is 2. The highest BCUT2D eigenvalue weighted by molar-refractivity contribution is 7.73. The molecule has 23 heavy (non-hydrogen) atoms. The first-order valence-electron chi connectivity index (χ1n) is 6.99. The molecule has 0 saturated heterocycles. The highest BCUT2D eigenvalue weighted by Gasteiger charge is 2.17. The summed E-state index contributed by atoms with van der Waals surface area (Å²) in [5, 5.41) is 2.78. The molecule has 0 unspecified atom stereocenters. The van der Waals surface area contributed by atoms with E-state index in [2.05, 4.69) is 5.32 Å². The third kappa shape index (κ3) is 3.52. The molecule has 1 aromatic carbocycles. The van der Waals surface area contributed by atoms with Gasteiger partial charge in [-0.05, 0) is 29.9 Å². The molecule has 7 heteroatoms. The van der Waals surface area contributed by atoms with Crippen LogP contribution in [0.4, 0.5) is 5.82 Å². The van der Waals surface area contributed by atoms with Crippen molar-refractivity contribution in [3.8, 4) is 0 Å². The normalized spacial score (nSPS) is 10.6. The summed E-state index contributed by atoms with van der Waals surface area (Å²) >= 11 is 6.56. The molecular formula is C16H15N3O2S2. The number of carbonyl (C=O) groups is 1. The zero-order chi connectivity index (χ0) is 16.2. The summed E-state index contributed by atoms with van der Waals surface area (Å²) in [7, 11) is 0. The lowest BCUT2D eigenvalue weighted by Gasteiger charge is -2.07. The summed E-state index contributed by atoms with van der Waals surface area (Å²) < 4.78 is 7.54. The first-order valence-corrected chi connectivity index (χ1v) is 8.21. The number of aromatic nitrogens is 1. The molecule has 3 N–H and O–H groups in total. The number of nitrogens with two attached hydrogens (primary N) is 1. The Hall–Kier alpha value is -2.38. The number of anilines is 1. The molecule has 3 aromatic rings. The van der Waals surface area contributed by atoms with Crippen LogP contribution in [-0.4, -0.2) is 10.5 Å². The van der Waals surface area contributed by atoms with Crippen molar-refractivity contribution in [1.29, 1.82) is 0 Å². The van der Waals surface area contributed by atoms with Crippen molar-refractivity contribution in [3.63, 3.8) is 0 Å². The van der Waals surface area contributed by atoms with Crippen LogP contribution in [-0.2, 0) is 13.1 Å². The van der Waals surface area contributed by atoms with Gasteiger partial charge in [-0.1, -0.05) is 41.7 Å². The lowest BCUT2D eigenvalue weighted by atomic mass is 10.2. The third-order valence-electron chi connectivity index (χ3n) is 3.33. The van der Waals surface area contributed by atoms with Gasteiger partial charge in [0.2, 0.25) is 0 Å². The number of benzene rings is 1. The topological polar surface area (TPSA) is 73.2 Å². The summed E-state index contributed by atoms with van der Waals surface area (Å²) in [6.07, 6.45) is 1.57. The number of rotatable bonds is 5. The molecule has 0 atom stereocenters. The maximum atomic E-state index is 12.3. The van der Waals surface area contributed by atoms with Gasteiger partial charge in [-0.3, -0.25) is 4.79 Å². The summed E-state index contributed by atoms with van der Waals surface area (Å²) in [6.45, 7) is 0.863. The van der Waals surface area contributed by atoms with Crippen LogP contribution in [0.25, 0.3) is 0 Å². The lowest BCUT2D eigenvalue weighted by molar-refractivity contribution is 0.0952. The van der Waals surface area contributed by atoms with E-state index in [1.165, 1.54) is 11.3 Å². The molecule has 0 radical (unpaired) electrons. The average molecular weight is 345 g/mol. The Labute approximate surface area is 142 Å². The zero-order valence-corrected chi connectivity index (χ0v) is 13.8. The number of nitrogen functional groups attached to an aromatic ring is 1. The van der Waals surface area contributed by atoms with Gasteiger partial charge in [0.05, 0.1) is 19.4 Å². The van der Waals surface area contributed by atoms with Crippen molar-refractivity contribution in [1.82, 2.24) is 9.88 Å². The van der Waals surface area contributed by atoms with E-state index in [1.807, 2.05) is 30.3 Å². The molecule has 2 aromatic heterocycles. The fraction of sp³-hybridized carbons (Fsp3) is 0.125. The van der Waals surface area contributed by atoms with Gasteiger partial charge in [0.15, 0.2) is 3.95 Å². The molecule has 5 nitrogen and oxygen atoms in total. The molecular weight excluding hydrogens is 330 g/mol. The van der Waals surface area contributed by atoms with E-state index in [0.29, 0.717) is 33.5 Å². The molecule has 0 saturated carbocycles. The van der Waals surface area contributed by atoms with Crippen molar-refractivity contribution in [2.24, 2.45) is 0 Å². The van der Waals surface area contributed by atoms with Gasteiger partial charge in [-0.2, -0.15) is 0 Å². The summed E-state index contributed by atoms with van der Waals surface area (Å²) in [4.78, 5) is 12.7. The van der Waals surface area contributed by atoms with Crippen molar-refractivity contribution in [3.05, 3.63) is 68.9 Å². The van der Waals surface area contributed by atoms with Gasteiger partial charge in [0.25, 0.3) is 5.91 Å². The van der Waals surface area contributed by atoms with Crippen LogP contribution in [0.2, 0.25) is 0 Å². The fourth-order valence-electron chi connectivity index (χ4n) is 2.15. The Morgan fingerprint density at radius 2 is 2.04 bits per heavy atom. The Morgan fingerprint density at radius 3 is 2.74 bits per heavy atom. The number of furan rings is 1. The van der Waals surface area contributed by atoms with E-state index in [9.17, 15) is 4.79 Å². The SMILES string of the molecule is Nc1c(C(=O)NCc2ccco2)sc(=S)n1Cc1ccccc1. The number of carbonyl (C=O) groups excluding carboxylic acids is 1. The standard InChI is InChI=1S/C16H15N3O2S2/c17-14-13(15(20)18-9-12-7-4-8-21-12)23-16(22)19(14)10-11-5-2-1-3-6-11/h1-8H,9-10,17H2,(H,18,20). The molecule has 0 bridgehead atoms. The second-order valence-corrected chi connectivity index (χ2v) is 6.56. The molecule has 0 fully saturated rings. The van der Waals surface area contributed by atoms with E-state index >= 15 is 0 Å². The quantitative estimate of drug-likeness (QED) is 0.695. The van der Waals surface area contributed by atoms with Gasteiger partial charge in [0.1, 0.15) is 16.5 Å². The monoisotopic (exact) mass is 345 g/mol. The van der Waals surface area contributed by atoms with Crippen LogP contribution >= 0.6 is 23.6 Å². The molecule has 118 valence electrons. The van der Waals surface area contributed by atoms with Crippen LogP contribution in [0.15, 0.2) is 53.1 Å². The van der Waals surface area contributed by atoms with Crippen molar-refractivity contribution in [2.45, 2.75) is 13.1 Å². The highest BCUT2D eigenvalue weighted by atomic mass is 32.1. The Bertz CT molecular complexity index is 851. The Morgan fingerprint density at radius 1 is 1.26 bits per heavy atom. The maximum absolute atomic E-state index is 12.3. The second-order valence-electron chi connectivity index (χ2n) is 4.92. The van der Waals surface area contributed by atoms with E-state index in [-0.39, 0.29) is 5.91 Å². The number of nitrogens with zero attached hydrogens (tertiary/aromatic N) is 1. The predicted octanol–water partition coefficient (Wildman–Crippen LogP) is 3.43. The van der Waals surface area contributed by atoms with Crippen LogP contribution in [0, 0.1) is 3.95 Å². The molecule has 0 spiro atoms. The summed E-state index contributed by atoms with van der Waals surface area (Å²) in [6, 6.07) is 13.4. The zero-order valence-electron chi connectivity index (χ0n) is 12.2. The number of hydrogen-bond acceptors (Lipinski definition) is 5. The Kier molecular flexibility index (Phi) is 4.59. The molecule has 2 heterocycles. The predicted molar refractivity (Wildman–Crippen MR) is 93.0 cm³/mol. The molecule has 0 aliphatic heterocycles. The third-order valence-corrected chi connectivity index (χ3v) is 4.79. The molecule has 3 rings (SSSR count). The molecule has 0 aliphatic rings. The molecule has 1 amide bonds. The molecule has 0 aliphatic carbocycles. The van der Waals surface area contributed by atoms with Crippen LogP contribution < -0.4 is 11.1 Å². The van der Waals surface area contributed by atoms with Crippen LogP contribution in [0.3, 0.4) is 0 Å². The minimum atomic E-state index is -0.248. The number of amides is 1. The minimum absolute atomic E-state index is 0.248. The maximum Gasteiger partial charge on any atom is 0.265 e. The van der Waals surface area contributed by atoms with Gasteiger partial charge >= 0.3 is 0 Å². The van der Waals surface area contributed by atoms with E-state index in [1.54, 1.807) is 23.0 Å². The number of thiazole rings is 1. The summed E-state index contributed by atoms with van der Waals surface area (Å²) in [5.41, 5.74) is 7.20. The van der Waals surface area contributed by atoms with E-state index in [4.69, 9.17) is 22.4 Å². The first kappa shape index (κ1) is 15.5.